The highest BCUT2D eigenvalue weighted by Gasteiger charge is 2.53. The average molecular weight is 622 g/mol. The van der Waals surface area contributed by atoms with E-state index in [0.717, 1.165) is 22.3 Å². The van der Waals surface area contributed by atoms with E-state index in [1.165, 1.54) is 23.9 Å². The molecule has 2 heterocycles. The van der Waals surface area contributed by atoms with E-state index in [-0.39, 0.29) is 29.8 Å². The van der Waals surface area contributed by atoms with E-state index in [1.807, 2.05) is 43.3 Å². The maximum absolute atomic E-state index is 14.1. The van der Waals surface area contributed by atoms with Crippen LogP contribution in [0.5, 0.6) is 5.75 Å². The highest BCUT2D eigenvalue weighted by atomic mass is 32.2. The Bertz CT molecular complexity index is 1460. The Labute approximate surface area is 262 Å². The Morgan fingerprint density at radius 3 is 2.18 bits per heavy atom. The van der Waals surface area contributed by atoms with Crippen LogP contribution in [0.1, 0.15) is 68.2 Å². The number of amides is 1. The van der Waals surface area contributed by atoms with Crippen LogP contribution >= 0.6 is 11.8 Å². The molecule has 5 rings (SSSR count). The maximum Gasteiger partial charge on any atom is 0.344 e. The Kier molecular flexibility index (Phi) is 9.12. The Morgan fingerprint density at radius 1 is 1.00 bits per heavy atom. The number of esters is 1. The van der Waals surface area contributed by atoms with Crippen molar-refractivity contribution in [1.82, 2.24) is 5.32 Å². The minimum absolute atomic E-state index is 0.104. The molecule has 1 unspecified atom stereocenters. The molecule has 7 nitrogen and oxygen atoms in total. The minimum atomic E-state index is -1.20. The van der Waals surface area contributed by atoms with E-state index >= 15 is 0 Å². The van der Waals surface area contributed by atoms with Gasteiger partial charge in [0.2, 0.25) is 11.7 Å². The zero-order valence-electron chi connectivity index (χ0n) is 26.0. The van der Waals surface area contributed by atoms with Crippen LogP contribution in [0.3, 0.4) is 0 Å². The summed E-state index contributed by atoms with van der Waals surface area (Å²) < 4.78 is 38.3. The van der Waals surface area contributed by atoms with E-state index in [4.69, 9.17) is 18.9 Å². The van der Waals surface area contributed by atoms with E-state index in [0.29, 0.717) is 19.0 Å². The largest absolute Gasteiger partial charge is 0.482 e. The predicted octanol–water partition coefficient (Wildman–Crippen LogP) is 6.79. The van der Waals surface area contributed by atoms with E-state index in [2.05, 4.69) is 19.2 Å². The minimum Gasteiger partial charge on any atom is -0.482 e. The van der Waals surface area contributed by atoms with Crippen LogP contribution in [0.25, 0.3) is 0 Å². The molecule has 3 atom stereocenters. The lowest BCUT2D eigenvalue weighted by Crippen LogP contribution is -2.56. The standard InChI is InChI=1S/C35H40FNO6S/c1-22-7-13-25(14-8-22)35(41-20-34(5,6)21-42-35)31(24-9-15-26(36)16-10-24)44-30-29(37-32(30)39)23-11-17-27(18-12-23)40-19-28(38)43-33(2,3)4/h7-18,29-31H,19-21H2,1-6H3,(H,37,39)/t29-,30-,31?/m1/s1. The monoisotopic (exact) mass is 621 g/mol. The van der Waals surface area contributed by atoms with E-state index in [1.54, 1.807) is 45.0 Å². The quantitative estimate of drug-likeness (QED) is 0.208. The maximum atomic E-state index is 14.1. The van der Waals surface area contributed by atoms with Gasteiger partial charge in [0, 0.05) is 11.0 Å². The molecule has 0 radical (unpaired) electrons. The van der Waals surface area contributed by atoms with Gasteiger partial charge < -0.3 is 24.3 Å². The third-order valence-corrected chi connectivity index (χ3v) is 9.12. The number of halogens is 1. The molecule has 44 heavy (non-hydrogen) atoms. The molecule has 0 aliphatic carbocycles. The molecule has 2 aliphatic heterocycles. The Hall–Kier alpha value is -3.40. The van der Waals surface area contributed by atoms with E-state index in [9.17, 15) is 14.0 Å². The molecule has 2 fully saturated rings. The Balaban J connectivity index is 1.41. The lowest BCUT2D eigenvalue weighted by molar-refractivity contribution is -0.309. The summed E-state index contributed by atoms with van der Waals surface area (Å²) in [5.41, 5.74) is 2.83. The second-order valence-corrected chi connectivity index (χ2v) is 14.4. The van der Waals surface area contributed by atoms with Gasteiger partial charge in [-0.2, -0.15) is 0 Å². The molecule has 0 bridgehead atoms. The number of rotatable bonds is 9. The zero-order valence-corrected chi connectivity index (χ0v) is 26.8. The molecule has 1 N–H and O–H groups in total. The topological polar surface area (TPSA) is 83.1 Å². The lowest BCUT2D eigenvalue weighted by atomic mass is 9.90. The number of hydrogen-bond donors (Lipinski definition) is 1. The smallest absolute Gasteiger partial charge is 0.344 e. The molecule has 2 saturated heterocycles. The first-order chi connectivity index (χ1) is 20.7. The molecule has 0 saturated carbocycles. The van der Waals surface area contributed by atoms with Gasteiger partial charge in [0.25, 0.3) is 0 Å². The summed E-state index contributed by atoms with van der Waals surface area (Å²) in [5.74, 6) is -1.59. The van der Waals surface area contributed by atoms with Crippen LogP contribution in [0.15, 0.2) is 72.8 Å². The molecule has 2 aliphatic rings. The first-order valence-corrected chi connectivity index (χ1v) is 15.7. The molecule has 3 aromatic carbocycles. The molecule has 1 amide bonds. The number of aryl methyl sites for hydroxylation is 1. The first-order valence-electron chi connectivity index (χ1n) is 14.8. The summed E-state index contributed by atoms with van der Waals surface area (Å²) in [6.07, 6.45) is 0. The number of nitrogens with one attached hydrogen (secondary N) is 1. The number of hydrogen-bond acceptors (Lipinski definition) is 7. The number of thioether (sulfide) groups is 1. The van der Waals surface area contributed by atoms with Crippen LogP contribution < -0.4 is 10.1 Å². The van der Waals surface area contributed by atoms with Gasteiger partial charge in [-0.05, 0) is 63.1 Å². The number of ether oxygens (including phenoxy) is 4. The summed E-state index contributed by atoms with van der Waals surface area (Å²) in [6.45, 7) is 12.3. The van der Waals surface area contributed by atoms with Gasteiger partial charge in [-0.15, -0.1) is 11.8 Å². The second-order valence-electron chi connectivity index (χ2n) is 13.2. The van der Waals surface area contributed by atoms with Crippen molar-refractivity contribution in [3.8, 4) is 5.75 Å². The van der Waals surface area contributed by atoms with Crippen molar-refractivity contribution >= 4 is 23.6 Å². The van der Waals surface area contributed by atoms with Crippen molar-refractivity contribution in [2.75, 3.05) is 19.8 Å². The highest BCUT2D eigenvalue weighted by molar-refractivity contribution is 8.01. The second kappa shape index (κ2) is 12.5. The van der Waals surface area contributed by atoms with Crippen molar-refractivity contribution < 1.29 is 32.9 Å². The fourth-order valence-corrected chi connectivity index (χ4v) is 6.80. The summed E-state index contributed by atoms with van der Waals surface area (Å²) in [7, 11) is 0. The summed E-state index contributed by atoms with van der Waals surface area (Å²) in [6, 6.07) is 21.3. The van der Waals surface area contributed by atoms with Crippen molar-refractivity contribution in [2.24, 2.45) is 5.41 Å². The molecule has 9 heteroatoms. The summed E-state index contributed by atoms with van der Waals surface area (Å²) in [5, 5.41) is 2.07. The fourth-order valence-electron chi connectivity index (χ4n) is 5.16. The molecule has 0 spiro atoms. The third kappa shape index (κ3) is 7.28. The normalized spacial score (nSPS) is 21.5. The van der Waals surface area contributed by atoms with Crippen LogP contribution in [0.2, 0.25) is 0 Å². The van der Waals surface area contributed by atoms with Crippen molar-refractivity contribution in [3.05, 3.63) is 101 Å². The SMILES string of the molecule is Cc1ccc(C2(C(S[C@H]3C(=O)N[C@@H]3c3ccc(OCC(=O)OC(C)(C)C)cc3)c3ccc(F)cc3)OCC(C)(C)CO2)cc1. The summed E-state index contributed by atoms with van der Waals surface area (Å²) >= 11 is 1.45. The van der Waals surface area contributed by atoms with Crippen LogP contribution in [0.4, 0.5) is 4.39 Å². The van der Waals surface area contributed by atoms with Crippen molar-refractivity contribution in [1.29, 1.82) is 0 Å². The van der Waals surface area contributed by atoms with Gasteiger partial charge in [-0.3, -0.25) is 4.79 Å². The fraction of sp³-hybridized carbons (Fsp3) is 0.429. The van der Waals surface area contributed by atoms with Gasteiger partial charge in [0.05, 0.1) is 24.5 Å². The third-order valence-electron chi connectivity index (χ3n) is 7.48. The number of carbonyl (C=O) groups is 2. The summed E-state index contributed by atoms with van der Waals surface area (Å²) in [4.78, 5) is 25.2. The molecular weight excluding hydrogens is 581 g/mol. The van der Waals surface area contributed by atoms with Gasteiger partial charge in [-0.25, -0.2) is 9.18 Å². The number of β-lactam (4-membered cyclic amide) rings is 1. The molecule has 234 valence electrons. The highest BCUT2D eigenvalue weighted by Crippen LogP contribution is 2.55. The number of benzene rings is 3. The van der Waals surface area contributed by atoms with Gasteiger partial charge >= 0.3 is 5.97 Å². The number of carbonyl (C=O) groups excluding carboxylic acids is 2. The first kappa shape index (κ1) is 32.0. The van der Waals surface area contributed by atoms with Gasteiger partial charge in [0.1, 0.15) is 22.4 Å². The van der Waals surface area contributed by atoms with E-state index < -0.39 is 27.9 Å². The lowest BCUT2D eigenvalue weighted by Gasteiger charge is -2.49. The van der Waals surface area contributed by atoms with Crippen LogP contribution in [-0.4, -0.2) is 42.5 Å². The average Bonchev–Trinajstić information content (AvgIpc) is 2.96. The molecule has 3 aromatic rings. The van der Waals surface area contributed by atoms with Crippen molar-refractivity contribution in [2.45, 2.75) is 69.5 Å². The zero-order chi connectivity index (χ0) is 31.7. The Morgan fingerprint density at radius 2 is 1.61 bits per heavy atom. The van der Waals surface area contributed by atoms with Gasteiger partial charge in [-0.1, -0.05) is 67.9 Å². The van der Waals surface area contributed by atoms with Crippen LogP contribution in [-0.2, 0) is 29.6 Å². The molecular formula is C35H40FNO6S. The predicted molar refractivity (Wildman–Crippen MR) is 168 cm³/mol. The van der Waals surface area contributed by atoms with Crippen LogP contribution in [0, 0.1) is 18.2 Å². The molecule has 0 aromatic heterocycles. The van der Waals surface area contributed by atoms with Crippen molar-refractivity contribution in [3.63, 3.8) is 0 Å². The van der Waals surface area contributed by atoms with Gasteiger partial charge in [0.15, 0.2) is 6.61 Å².